The fourth-order valence-electron chi connectivity index (χ4n) is 7.26. The molecule has 8 aromatic rings. The van der Waals surface area contributed by atoms with Crippen molar-refractivity contribution >= 4 is 11.0 Å². The van der Waals surface area contributed by atoms with Crippen molar-refractivity contribution in [1.29, 1.82) is 0 Å². The highest BCUT2D eigenvalue weighted by Gasteiger charge is 2.27. The molecule has 2 aromatic heterocycles. The Balaban J connectivity index is 1.51. The van der Waals surface area contributed by atoms with Gasteiger partial charge in [-0.2, -0.15) is 0 Å². The van der Waals surface area contributed by atoms with Crippen LogP contribution in [0.2, 0.25) is 0 Å². The van der Waals surface area contributed by atoms with Crippen LogP contribution in [0, 0.1) is 6.92 Å². The third-order valence-corrected chi connectivity index (χ3v) is 10.6. The topological polar surface area (TPSA) is 50.9 Å². The number of imidazole rings is 1. The molecule has 0 saturated carbocycles. The van der Waals surface area contributed by atoms with Gasteiger partial charge in [-0.3, -0.25) is 9.55 Å². The summed E-state index contributed by atoms with van der Waals surface area (Å²) >= 11 is 0. The molecule has 2 heterocycles. The molecule has 0 aliphatic carbocycles. The molecule has 6 aromatic carbocycles. The molecule has 0 bridgehead atoms. The van der Waals surface area contributed by atoms with E-state index in [2.05, 4.69) is 4.98 Å². The van der Waals surface area contributed by atoms with E-state index in [0.717, 1.165) is 11.1 Å². The average Bonchev–Trinajstić information content (AvgIpc) is 3.72. The lowest BCUT2D eigenvalue weighted by molar-refractivity contribution is 0.471. The minimum atomic E-state index is -3.55. The van der Waals surface area contributed by atoms with Gasteiger partial charge in [0, 0.05) is 35.2 Å². The predicted molar refractivity (Wildman–Crippen MR) is 249 cm³/mol. The van der Waals surface area contributed by atoms with E-state index in [1.54, 1.807) is 66.1 Å². The zero-order valence-electron chi connectivity index (χ0n) is 51.0. The van der Waals surface area contributed by atoms with Gasteiger partial charge in [-0.1, -0.05) is 153 Å². The summed E-state index contributed by atoms with van der Waals surface area (Å²) in [6.45, 7) is 3.09. The average molecular weight is 791 g/mol. The second kappa shape index (κ2) is 14.8. The molecule has 59 heavy (non-hydrogen) atoms. The number of para-hydroxylation sites is 1. The maximum atomic E-state index is 12.1. The van der Waals surface area contributed by atoms with Crippen LogP contribution in [-0.2, 0) is 16.2 Å². The number of hydrogen-bond acceptors (Lipinski definition) is 3. The highest BCUT2D eigenvalue weighted by Crippen LogP contribution is 2.44. The van der Waals surface area contributed by atoms with Crippen LogP contribution >= 0.6 is 0 Å². The summed E-state index contributed by atoms with van der Waals surface area (Å²) in [6.07, 6.45) is -0.595. The molecule has 1 N–H and O–H groups in total. The molecule has 296 valence electrons. The number of rotatable bonds is 6. The number of aromatic hydroxyl groups is 1. The molecule has 8 rings (SSSR count). The molecule has 0 aliphatic heterocycles. The second-order valence-corrected chi connectivity index (χ2v) is 17.0. The van der Waals surface area contributed by atoms with E-state index < -0.39 is 96.4 Å². The van der Waals surface area contributed by atoms with Gasteiger partial charge < -0.3 is 5.11 Å². The molecule has 0 fully saturated rings. The fraction of sp³-hybridized carbons (Fsp3) is 0.236. The van der Waals surface area contributed by atoms with E-state index in [-0.39, 0.29) is 28.4 Å². The molecule has 0 spiro atoms. The molecule has 0 radical (unpaired) electrons. The van der Waals surface area contributed by atoms with Gasteiger partial charge in [-0.25, -0.2) is 4.98 Å². The summed E-state index contributed by atoms with van der Waals surface area (Å²) in [7, 11) is 0. The zero-order chi connectivity index (χ0) is 56.3. The Kier molecular flexibility index (Phi) is 6.03. The van der Waals surface area contributed by atoms with Gasteiger partial charge in [0.15, 0.2) is 0 Å². The van der Waals surface area contributed by atoms with Crippen LogP contribution in [0.25, 0.3) is 72.7 Å². The van der Waals surface area contributed by atoms with E-state index in [0.29, 0.717) is 50.1 Å². The molecular formula is C55H55N3O. The Morgan fingerprint density at radius 2 is 1.29 bits per heavy atom. The molecule has 0 aliphatic rings. The van der Waals surface area contributed by atoms with Crippen molar-refractivity contribution < 1.29 is 28.4 Å². The van der Waals surface area contributed by atoms with Gasteiger partial charge in [-0.05, 0) is 116 Å². The monoisotopic (exact) mass is 791 g/mol. The van der Waals surface area contributed by atoms with Crippen molar-refractivity contribution in [3.8, 4) is 67.5 Å². The molecule has 0 amide bonds. The largest absolute Gasteiger partial charge is 0.507 e. The Hall–Kier alpha value is -6.26. The number of fused-ring (bicyclic) bond motifs is 1. The summed E-state index contributed by atoms with van der Waals surface area (Å²) in [5.74, 6) is 0.114. The molecule has 0 unspecified atom stereocenters. The van der Waals surface area contributed by atoms with Crippen LogP contribution in [0.15, 0.2) is 146 Å². The van der Waals surface area contributed by atoms with Crippen LogP contribution in [0.5, 0.6) is 5.75 Å². The summed E-state index contributed by atoms with van der Waals surface area (Å²) in [5.41, 5.74) is 0.00148. The van der Waals surface area contributed by atoms with E-state index >= 15 is 0 Å². The van der Waals surface area contributed by atoms with Crippen molar-refractivity contribution in [2.75, 3.05) is 0 Å². The van der Waals surface area contributed by atoms with Crippen molar-refractivity contribution in [3.05, 3.63) is 168 Å². The first kappa shape index (κ1) is 24.0. The molecule has 0 saturated heterocycles. The maximum Gasteiger partial charge on any atom is 0.149 e. The second-order valence-electron chi connectivity index (χ2n) is 17.0. The zero-order valence-corrected chi connectivity index (χ0v) is 34.0. The number of phenolic OH excluding ortho intramolecular Hbond substituents is 1. The molecule has 4 heteroatoms. The van der Waals surface area contributed by atoms with Crippen LogP contribution in [0.4, 0.5) is 0 Å². The minimum absolute atomic E-state index is 0.0946. The highest BCUT2D eigenvalue weighted by molar-refractivity contribution is 5.98. The number of hydrogen-bond donors (Lipinski definition) is 1. The lowest BCUT2D eigenvalue weighted by Gasteiger charge is -2.24. The Morgan fingerprint density at radius 1 is 0.593 bits per heavy atom. The number of aromatic nitrogens is 3. The van der Waals surface area contributed by atoms with Gasteiger partial charge in [0.05, 0.1) is 38.9 Å². The standard InChI is InChI=1S/C55H55N3O/c1-35-28-42(54(5,6)7)34-46(51(35)59)52-57-50-44(22-17-23-49(50)58(52)48-25-24-41(53(2,3)4)33-45(48)37-20-15-12-16-21-37)39-29-40(31-43(30-39)55(8,9)10)47-32-38(26-27-56-47)36-18-13-11-14-19-36/h11-34,59H,1-10H3/i2D3,3D3,4D3,11D,13D,14D,18D,19D,26D,27D,32D. The quantitative estimate of drug-likeness (QED) is 0.182. The third kappa shape index (κ3) is 7.72. The summed E-state index contributed by atoms with van der Waals surface area (Å²) in [5, 5.41) is 12.1. The summed E-state index contributed by atoms with van der Waals surface area (Å²) in [6, 6.07) is 22.9. The predicted octanol–water partition coefficient (Wildman–Crippen LogP) is 14.7. The molecular weight excluding hydrogens is 719 g/mol. The maximum absolute atomic E-state index is 12.1. The Morgan fingerprint density at radius 3 is 2.00 bits per heavy atom. The first-order valence-corrected chi connectivity index (χ1v) is 19.3. The molecule has 4 nitrogen and oxygen atoms in total. The number of pyridine rings is 1. The van der Waals surface area contributed by atoms with Crippen LogP contribution < -0.4 is 0 Å². The summed E-state index contributed by atoms with van der Waals surface area (Å²) in [4.78, 5) is 9.76. The van der Waals surface area contributed by atoms with Gasteiger partial charge in [-0.15, -0.1) is 0 Å². The Bertz CT molecular complexity index is 3570. The van der Waals surface area contributed by atoms with Crippen molar-refractivity contribution in [2.45, 2.75) is 85.3 Å². The fourth-order valence-corrected chi connectivity index (χ4v) is 7.26. The number of phenols is 1. The Labute approximate surface area is 374 Å². The highest BCUT2D eigenvalue weighted by atomic mass is 16.3. The van der Waals surface area contributed by atoms with Crippen LogP contribution in [0.1, 0.15) is 108 Å². The first-order valence-electron chi connectivity index (χ1n) is 27.8. The van der Waals surface area contributed by atoms with Gasteiger partial charge in [0.1, 0.15) is 11.6 Å². The van der Waals surface area contributed by atoms with Gasteiger partial charge in [0.2, 0.25) is 0 Å². The lowest BCUT2D eigenvalue weighted by atomic mass is 9.83. The van der Waals surface area contributed by atoms with Crippen molar-refractivity contribution in [3.63, 3.8) is 0 Å². The summed E-state index contributed by atoms with van der Waals surface area (Å²) < 4.78 is 148. The van der Waals surface area contributed by atoms with E-state index in [1.807, 2.05) is 65.8 Å². The first-order chi connectivity index (χ1) is 35.0. The van der Waals surface area contributed by atoms with Crippen molar-refractivity contribution in [1.82, 2.24) is 14.5 Å². The van der Waals surface area contributed by atoms with Crippen LogP contribution in [0.3, 0.4) is 0 Å². The van der Waals surface area contributed by atoms with Crippen molar-refractivity contribution in [2.24, 2.45) is 0 Å². The van der Waals surface area contributed by atoms with Gasteiger partial charge >= 0.3 is 0 Å². The van der Waals surface area contributed by atoms with E-state index in [4.69, 9.17) is 26.9 Å². The van der Waals surface area contributed by atoms with E-state index in [9.17, 15) is 6.48 Å². The van der Waals surface area contributed by atoms with Crippen LogP contribution in [-0.4, -0.2) is 19.6 Å². The normalized spacial score (nSPS) is 17.1. The smallest absolute Gasteiger partial charge is 0.149 e. The number of benzene rings is 6. The lowest BCUT2D eigenvalue weighted by Crippen LogP contribution is -2.13. The number of aryl methyl sites for hydroxylation is 1. The SMILES string of the molecule is [2H]c1nc(-c2cc(-c3cccc4c3nc(-c3cc(C(C)(C)C)cc(C)c3O)n4-c3ccc(C(C([2H])([2H])[2H])(C([2H])([2H])[2H])C([2H])([2H])[2H])cc3-c3ccccc3)cc(C(C)(C)C)c2)c([2H])c(-c2c([2H])c([2H])c([2H])c([2H])c2[2H])c1[2H]. The molecule has 0 atom stereocenters. The van der Waals surface area contributed by atoms with E-state index in [1.165, 1.54) is 18.2 Å². The van der Waals surface area contributed by atoms with Gasteiger partial charge in [0.25, 0.3) is 0 Å². The number of nitrogens with zero attached hydrogens (tertiary/aromatic N) is 3. The minimum Gasteiger partial charge on any atom is -0.507 e. The third-order valence-electron chi connectivity index (χ3n) is 10.6.